The molecular weight excluding hydrogens is 311 g/mol. The van der Waals surface area contributed by atoms with Gasteiger partial charge in [-0.1, -0.05) is 0 Å². The van der Waals surface area contributed by atoms with Gasteiger partial charge >= 0.3 is 6.18 Å². The molecule has 0 spiro atoms. The molecule has 9 heteroatoms. The van der Waals surface area contributed by atoms with Gasteiger partial charge in [0.05, 0.1) is 0 Å². The Morgan fingerprint density at radius 2 is 2.00 bits per heavy atom. The fourth-order valence-electron chi connectivity index (χ4n) is 2.69. The molecule has 0 unspecified atom stereocenters. The summed E-state index contributed by atoms with van der Waals surface area (Å²) in [6, 6.07) is 3.60. The Morgan fingerprint density at radius 3 is 2.70 bits per heavy atom. The van der Waals surface area contributed by atoms with E-state index in [1.807, 2.05) is 0 Å². The van der Waals surface area contributed by atoms with Crippen LogP contribution in [-0.2, 0) is 17.9 Å². The summed E-state index contributed by atoms with van der Waals surface area (Å²) in [5, 5.41) is 3.63. The van der Waals surface area contributed by atoms with Crippen LogP contribution in [0.2, 0.25) is 0 Å². The van der Waals surface area contributed by atoms with E-state index in [-0.39, 0.29) is 24.1 Å². The zero-order valence-corrected chi connectivity index (χ0v) is 12.1. The van der Waals surface area contributed by atoms with Crippen LogP contribution in [0.3, 0.4) is 0 Å². The highest BCUT2D eigenvalue weighted by Crippen LogP contribution is 2.29. The minimum absolute atomic E-state index is 0.103. The molecule has 1 fully saturated rings. The molecule has 1 aliphatic heterocycles. The van der Waals surface area contributed by atoms with Crippen LogP contribution in [0, 0.1) is 0 Å². The number of hydrogen-bond acceptors (Lipinski definition) is 4. The van der Waals surface area contributed by atoms with E-state index in [4.69, 9.17) is 0 Å². The lowest BCUT2D eigenvalue weighted by atomic mass is 10.1. The van der Waals surface area contributed by atoms with E-state index < -0.39 is 12.7 Å². The Kier molecular flexibility index (Phi) is 4.01. The summed E-state index contributed by atoms with van der Waals surface area (Å²) in [5.41, 5.74) is 0.922. The molecule has 0 bridgehead atoms. The van der Waals surface area contributed by atoms with Gasteiger partial charge in [-0.3, -0.25) is 9.78 Å². The van der Waals surface area contributed by atoms with E-state index in [0.29, 0.717) is 13.1 Å². The number of aromatic nitrogens is 4. The van der Waals surface area contributed by atoms with Crippen LogP contribution in [0.1, 0.15) is 23.7 Å². The monoisotopic (exact) mass is 325 g/mol. The molecule has 1 amide bonds. The molecule has 6 nitrogen and oxygen atoms in total. The lowest BCUT2D eigenvalue weighted by Crippen LogP contribution is -2.25. The van der Waals surface area contributed by atoms with E-state index in [0.717, 1.165) is 16.6 Å². The third-order valence-electron chi connectivity index (χ3n) is 3.68. The topological polar surface area (TPSA) is 63.9 Å². The van der Waals surface area contributed by atoms with Crippen LogP contribution in [0.5, 0.6) is 0 Å². The number of alkyl halides is 3. The van der Waals surface area contributed by atoms with Crippen molar-refractivity contribution in [1.82, 2.24) is 24.6 Å². The van der Waals surface area contributed by atoms with Crippen molar-refractivity contribution in [3.05, 3.63) is 42.2 Å². The lowest BCUT2D eigenvalue weighted by Gasteiger charge is -2.17. The molecule has 1 saturated heterocycles. The third-order valence-corrected chi connectivity index (χ3v) is 3.68. The Labute approximate surface area is 130 Å². The smallest absolute Gasteiger partial charge is 0.338 e. The molecule has 0 aromatic carbocycles. The molecule has 1 atom stereocenters. The SMILES string of the molecule is O=C1C[C@H](c2ncnn2CC(F)(F)F)CN1Cc1ccncc1. The molecule has 0 saturated carbocycles. The summed E-state index contributed by atoms with van der Waals surface area (Å²) in [7, 11) is 0. The molecule has 1 aliphatic rings. The summed E-state index contributed by atoms with van der Waals surface area (Å²) in [5.74, 6) is -0.282. The predicted octanol–water partition coefficient (Wildman–Crippen LogP) is 1.75. The molecule has 0 radical (unpaired) electrons. The molecule has 3 heterocycles. The van der Waals surface area contributed by atoms with Crippen LogP contribution in [-0.4, -0.2) is 43.3 Å². The number of hydrogen-bond donors (Lipinski definition) is 0. The largest absolute Gasteiger partial charge is 0.408 e. The lowest BCUT2D eigenvalue weighted by molar-refractivity contribution is -0.143. The number of likely N-dealkylation sites (tertiary alicyclic amines) is 1. The number of amides is 1. The highest BCUT2D eigenvalue weighted by atomic mass is 19.4. The fraction of sp³-hybridized carbons (Fsp3) is 0.429. The van der Waals surface area contributed by atoms with Gasteiger partial charge in [0.15, 0.2) is 0 Å². The molecule has 23 heavy (non-hydrogen) atoms. The first-order valence-corrected chi connectivity index (χ1v) is 7.03. The first kappa shape index (κ1) is 15.4. The van der Waals surface area contributed by atoms with Crippen LogP contribution in [0.4, 0.5) is 13.2 Å². The van der Waals surface area contributed by atoms with Crippen LogP contribution >= 0.6 is 0 Å². The van der Waals surface area contributed by atoms with Gasteiger partial charge in [-0.25, -0.2) is 9.67 Å². The maximum absolute atomic E-state index is 12.6. The van der Waals surface area contributed by atoms with Crippen LogP contribution in [0.25, 0.3) is 0 Å². The van der Waals surface area contributed by atoms with Gasteiger partial charge in [-0.2, -0.15) is 18.3 Å². The quantitative estimate of drug-likeness (QED) is 0.859. The van der Waals surface area contributed by atoms with Gasteiger partial charge < -0.3 is 4.90 Å². The van der Waals surface area contributed by atoms with Gasteiger partial charge in [0.1, 0.15) is 18.7 Å². The van der Waals surface area contributed by atoms with E-state index >= 15 is 0 Å². The van der Waals surface area contributed by atoms with Crippen molar-refractivity contribution in [3.63, 3.8) is 0 Å². The summed E-state index contributed by atoms with van der Waals surface area (Å²) in [6.45, 7) is -0.458. The average molecular weight is 325 g/mol. The minimum atomic E-state index is -4.37. The number of pyridine rings is 1. The summed E-state index contributed by atoms with van der Waals surface area (Å²) in [6.07, 6.45) is 0.126. The highest BCUT2D eigenvalue weighted by Gasteiger charge is 2.36. The second-order valence-electron chi connectivity index (χ2n) is 5.42. The normalized spacial score (nSPS) is 18.7. The van der Waals surface area contributed by atoms with Gasteiger partial charge in [-0.05, 0) is 17.7 Å². The summed E-state index contributed by atoms with van der Waals surface area (Å²) >= 11 is 0. The first-order valence-electron chi connectivity index (χ1n) is 7.03. The van der Waals surface area contributed by atoms with Crippen molar-refractivity contribution in [2.24, 2.45) is 0 Å². The number of rotatable bonds is 4. The number of carbonyl (C=O) groups is 1. The van der Waals surface area contributed by atoms with Crippen molar-refractivity contribution in [2.75, 3.05) is 6.54 Å². The van der Waals surface area contributed by atoms with Crippen molar-refractivity contribution in [2.45, 2.75) is 31.6 Å². The number of nitrogens with zero attached hydrogens (tertiary/aromatic N) is 5. The molecule has 2 aromatic heterocycles. The zero-order chi connectivity index (χ0) is 16.4. The van der Waals surface area contributed by atoms with Crippen molar-refractivity contribution < 1.29 is 18.0 Å². The number of carbonyl (C=O) groups excluding carboxylic acids is 1. The number of halogens is 3. The van der Waals surface area contributed by atoms with Crippen LogP contribution < -0.4 is 0 Å². The molecule has 122 valence electrons. The third kappa shape index (κ3) is 3.66. The highest BCUT2D eigenvalue weighted by molar-refractivity contribution is 5.79. The van der Waals surface area contributed by atoms with Crippen molar-refractivity contribution in [3.8, 4) is 0 Å². The van der Waals surface area contributed by atoms with Gasteiger partial charge in [0, 0.05) is 37.8 Å². The molecule has 2 aromatic rings. The molecular formula is C14H14F3N5O. The standard InChI is InChI=1S/C14H14F3N5O/c15-14(16,17)8-22-13(19-9-20-22)11-5-12(23)21(7-11)6-10-1-3-18-4-2-10/h1-4,9,11H,5-8H2/t11-/m0/s1. The predicted molar refractivity (Wildman–Crippen MR) is 73.1 cm³/mol. The second kappa shape index (κ2) is 5.98. The van der Waals surface area contributed by atoms with Gasteiger partial charge in [0.25, 0.3) is 0 Å². The summed E-state index contributed by atoms with van der Waals surface area (Å²) in [4.78, 5) is 21.6. The van der Waals surface area contributed by atoms with E-state index in [1.54, 1.807) is 29.4 Å². The summed E-state index contributed by atoms with van der Waals surface area (Å²) < 4.78 is 38.5. The minimum Gasteiger partial charge on any atom is -0.338 e. The Bertz CT molecular complexity index is 685. The van der Waals surface area contributed by atoms with Gasteiger partial charge in [-0.15, -0.1) is 0 Å². The van der Waals surface area contributed by atoms with Gasteiger partial charge in [0.2, 0.25) is 5.91 Å². The van der Waals surface area contributed by atoms with E-state index in [9.17, 15) is 18.0 Å². The molecule has 3 rings (SSSR count). The van der Waals surface area contributed by atoms with Crippen molar-refractivity contribution >= 4 is 5.91 Å². The first-order chi connectivity index (χ1) is 10.9. The van der Waals surface area contributed by atoms with E-state index in [2.05, 4.69) is 15.1 Å². The van der Waals surface area contributed by atoms with E-state index in [1.165, 1.54) is 0 Å². The fourth-order valence-corrected chi connectivity index (χ4v) is 2.69. The molecule has 0 N–H and O–H groups in total. The average Bonchev–Trinajstić information content (AvgIpc) is 3.06. The Hall–Kier alpha value is -2.45. The van der Waals surface area contributed by atoms with Crippen LogP contribution in [0.15, 0.2) is 30.9 Å². The van der Waals surface area contributed by atoms with Crippen molar-refractivity contribution in [1.29, 1.82) is 0 Å². The maximum atomic E-state index is 12.6. The Balaban J connectivity index is 1.72. The maximum Gasteiger partial charge on any atom is 0.408 e. The molecule has 0 aliphatic carbocycles. The zero-order valence-electron chi connectivity index (χ0n) is 12.1. The second-order valence-corrected chi connectivity index (χ2v) is 5.42. The Morgan fingerprint density at radius 1 is 1.26 bits per heavy atom.